The van der Waals surface area contributed by atoms with Crippen LogP contribution in [0.25, 0.3) is 0 Å². The van der Waals surface area contributed by atoms with Gasteiger partial charge in [-0.05, 0) is 35.7 Å². The van der Waals surface area contributed by atoms with Gasteiger partial charge in [0.2, 0.25) is 5.91 Å². The summed E-state index contributed by atoms with van der Waals surface area (Å²) in [5.74, 6) is -3.73. The molecule has 0 saturated heterocycles. The Hall–Kier alpha value is -2.72. The van der Waals surface area contributed by atoms with E-state index >= 15 is 0 Å². The first-order valence-electron chi connectivity index (χ1n) is 9.00. The van der Waals surface area contributed by atoms with E-state index in [-0.39, 0.29) is 17.0 Å². The van der Waals surface area contributed by atoms with Crippen molar-refractivity contribution in [2.75, 3.05) is 17.7 Å². The van der Waals surface area contributed by atoms with Gasteiger partial charge in [-0.1, -0.05) is 12.8 Å². The predicted octanol–water partition coefficient (Wildman–Crippen LogP) is 3.68. The average molecular weight is 437 g/mol. The third-order valence-corrected chi connectivity index (χ3v) is 6.52. The molecular weight excluding hydrogens is 416 g/mol. The van der Waals surface area contributed by atoms with Gasteiger partial charge in [-0.15, -0.1) is 22.7 Å². The zero-order valence-corrected chi connectivity index (χ0v) is 17.2. The number of thiophene rings is 2. The molecule has 3 rings (SSSR count). The van der Waals surface area contributed by atoms with Gasteiger partial charge in [-0.3, -0.25) is 14.4 Å². The number of amides is 2. The van der Waals surface area contributed by atoms with Crippen molar-refractivity contribution >= 4 is 56.4 Å². The standard InChI is InChI=1S/C19H20N2O6S2/c1-27-19(26)13-7-9-29-17(13)21-15(23)12-6-8-28-16(12)20-14(22)10-4-2-3-5-11(10)18(24)25/h6-11H,2-5H2,1H3,(H,20,22)(H,21,23)(H,24,25). The number of esters is 1. The van der Waals surface area contributed by atoms with Crippen LogP contribution in [0.2, 0.25) is 0 Å². The number of hydrogen-bond donors (Lipinski definition) is 3. The highest BCUT2D eigenvalue weighted by atomic mass is 32.1. The summed E-state index contributed by atoms with van der Waals surface area (Å²) in [5, 5.41) is 18.8. The first kappa shape index (κ1) is 21.0. The quantitative estimate of drug-likeness (QED) is 0.594. The Bertz CT molecular complexity index is 935. The maximum Gasteiger partial charge on any atom is 0.340 e. The fraction of sp³-hybridized carbons (Fsp3) is 0.368. The minimum Gasteiger partial charge on any atom is -0.481 e. The fourth-order valence-corrected chi connectivity index (χ4v) is 4.93. The molecule has 2 amide bonds. The number of nitrogens with one attached hydrogen (secondary N) is 2. The van der Waals surface area contributed by atoms with Crippen molar-refractivity contribution in [3.8, 4) is 0 Å². The lowest BCUT2D eigenvalue weighted by atomic mass is 9.79. The van der Waals surface area contributed by atoms with Gasteiger partial charge >= 0.3 is 11.9 Å². The van der Waals surface area contributed by atoms with E-state index in [9.17, 15) is 24.3 Å². The maximum atomic E-state index is 12.7. The smallest absolute Gasteiger partial charge is 0.340 e. The molecule has 0 aromatic carbocycles. The average Bonchev–Trinajstić information content (AvgIpc) is 3.36. The molecule has 8 nitrogen and oxygen atoms in total. The molecule has 154 valence electrons. The van der Waals surface area contributed by atoms with Gasteiger partial charge in [-0.25, -0.2) is 4.79 Å². The second-order valence-electron chi connectivity index (χ2n) is 6.60. The van der Waals surface area contributed by atoms with Gasteiger partial charge in [0.1, 0.15) is 10.0 Å². The van der Waals surface area contributed by atoms with Crippen molar-refractivity contribution in [3.63, 3.8) is 0 Å². The third-order valence-electron chi connectivity index (χ3n) is 4.86. The van der Waals surface area contributed by atoms with Crippen molar-refractivity contribution in [2.24, 2.45) is 11.8 Å². The van der Waals surface area contributed by atoms with Crippen molar-refractivity contribution in [1.29, 1.82) is 0 Å². The zero-order chi connectivity index (χ0) is 21.0. The fourth-order valence-electron chi connectivity index (χ4n) is 3.38. The summed E-state index contributed by atoms with van der Waals surface area (Å²) < 4.78 is 4.69. The minimum atomic E-state index is -0.970. The molecular formula is C19H20N2O6S2. The maximum absolute atomic E-state index is 12.7. The molecule has 1 fully saturated rings. The van der Waals surface area contributed by atoms with Crippen molar-refractivity contribution < 1.29 is 29.0 Å². The number of aliphatic carboxylic acids is 1. The molecule has 29 heavy (non-hydrogen) atoms. The molecule has 2 aromatic rings. The normalized spacial score (nSPS) is 18.7. The van der Waals surface area contributed by atoms with Crippen LogP contribution < -0.4 is 10.6 Å². The molecule has 2 atom stereocenters. The van der Waals surface area contributed by atoms with E-state index in [1.54, 1.807) is 22.9 Å². The summed E-state index contributed by atoms with van der Waals surface area (Å²) in [7, 11) is 1.26. The Morgan fingerprint density at radius 2 is 1.55 bits per heavy atom. The SMILES string of the molecule is COC(=O)c1ccsc1NC(=O)c1ccsc1NC(=O)C1CCCCC1C(=O)O. The molecule has 1 aliphatic rings. The van der Waals surface area contributed by atoms with Crippen LogP contribution in [-0.2, 0) is 14.3 Å². The third kappa shape index (κ3) is 4.65. The van der Waals surface area contributed by atoms with E-state index in [1.807, 2.05) is 0 Å². The number of anilines is 2. The Labute approximate surface area is 174 Å². The topological polar surface area (TPSA) is 122 Å². The Balaban J connectivity index is 1.73. The molecule has 2 aromatic heterocycles. The van der Waals surface area contributed by atoms with E-state index in [0.717, 1.165) is 12.8 Å². The van der Waals surface area contributed by atoms with E-state index in [1.165, 1.54) is 29.8 Å². The highest BCUT2D eigenvalue weighted by molar-refractivity contribution is 7.15. The van der Waals surface area contributed by atoms with Gasteiger partial charge in [0.25, 0.3) is 5.91 Å². The van der Waals surface area contributed by atoms with Crippen molar-refractivity contribution in [1.82, 2.24) is 0 Å². The van der Waals surface area contributed by atoms with E-state index in [2.05, 4.69) is 10.6 Å². The van der Waals surface area contributed by atoms with Crippen LogP contribution in [0.3, 0.4) is 0 Å². The monoisotopic (exact) mass is 436 g/mol. The van der Waals surface area contributed by atoms with Crippen LogP contribution in [-0.4, -0.2) is 36.0 Å². The number of ether oxygens (including phenoxy) is 1. The molecule has 0 aliphatic heterocycles. The molecule has 1 saturated carbocycles. The predicted molar refractivity (Wildman–Crippen MR) is 110 cm³/mol. The van der Waals surface area contributed by atoms with E-state index < -0.39 is 29.7 Å². The van der Waals surface area contributed by atoms with Crippen LogP contribution in [0.4, 0.5) is 10.0 Å². The molecule has 1 aliphatic carbocycles. The largest absolute Gasteiger partial charge is 0.481 e. The summed E-state index contributed by atoms with van der Waals surface area (Å²) in [6, 6.07) is 3.12. The number of rotatable bonds is 6. The minimum absolute atomic E-state index is 0.246. The number of carboxylic acids is 1. The van der Waals surface area contributed by atoms with Gasteiger partial charge < -0.3 is 20.5 Å². The highest BCUT2D eigenvalue weighted by Gasteiger charge is 2.36. The van der Waals surface area contributed by atoms with Crippen LogP contribution in [0.5, 0.6) is 0 Å². The van der Waals surface area contributed by atoms with Crippen LogP contribution in [0.15, 0.2) is 22.9 Å². The number of hydrogen-bond acceptors (Lipinski definition) is 7. The molecule has 0 spiro atoms. The summed E-state index contributed by atoms with van der Waals surface area (Å²) in [4.78, 5) is 48.6. The summed E-state index contributed by atoms with van der Waals surface area (Å²) in [6.45, 7) is 0. The molecule has 10 heteroatoms. The molecule has 0 radical (unpaired) electrons. The van der Waals surface area contributed by atoms with Gasteiger partial charge in [-0.2, -0.15) is 0 Å². The molecule has 2 unspecified atom stereocenters. The Morgan fingerprint density at radius 3 is 2.17 bits per heavy atom. The Morgan fingerprint density at radius 1 is 0.966 bits per heavy atom. The van der Waals surface area contributed by atoms with Crippen molar-refractivity contribution in [3.05, 3.63) is 34.0 Å². The highest BCUT2D eigenvalue weighted by Crippen LogP contribution is 2.33. The number of carboxylic acid groups (broad SMARTS) is 1. The summed E-state index contributed by atoms with van der Waals surface area (Å²) in [6.07, 6.45) is 2.57. The number of methoxy groups -OCH3 is 1. The zero-order valence-electron chi connectivity index (χ0n) is 15.6. The van der Waals surface area contributed by atoms with E-state index in [4.69, 9.17) is 4.74 Å². The van der Waals surface area contributed by atoms with Gasteiger partial charge in [0.15, 0.2) is 0 Å². The van der Waals surface area contributed by atoms with Crippen molar-refractivity contribution in [2.45, 2.75) is 25.7 Å². The Kier molecular flexibility index (Phi) is 6.65. The molecule has 3 N–H and O–H groups in total. The van der Waals surface area contributed by atoms with Crippen LogP contribution in [0, 0.1) is 11.8 Å². The van der Waals surface area contributed by atoms with E-state index in [0.29, 0.717) is 22.8 Å². The second kappa shape index (κ2) is 9.19. The van der Waals surface area contributed by atoms with Gasteiger partial charge in [0.05, 0.1) is 30.1 Å². The van der Waals surface area contributed by atoms with Crippen LogP contribution >= 0.6 is 22.7 Å². The second-order valence-corrected chi connectivity index (χ2v) is 8.43. The lowest BCUT2D eigenvalue weighted by molar-refractivity contribution is -0.147. The summed E-state index contributed by atoms with van der Waals surface area (Å²) in [5.41, 5.74) is 0.494. The number of carbonyl (C=O) groups is 4. The lowest BCUT2D eigenvalue weighted by Crippen LogP contribution is -2.36. The lowest BCUT2D eigenvalue weighted by Gasteiger charge is -2.27. The van der Waals surface area contributed by atoms with Crippen LogP contribution in [0.1, 0.15) is 46.4 Å². The summed E-state index contributed by atoms with van der Waals surface area (Å²) >= 11 is 2.36. The van der Waals surface area contributed by atoms with Gasteiger partial charge in [0, 0.05) is 0 Å². The first-order chi connectivity index (χ1) is 13.9. The first-order valence-corrected chi connectivity index (χ1v) is 10.8. The number of carbonyl (C=O) groups excluding carboxylic acids is 3. The molecule has 2 heterocycles. The molecule has 0 bridgehead atoms.